The maximum atomic E-state index is 14.1. The van der Waals surface area contributed by atoms with E-state index >= 15 is 0 Å². The summed E-state index contributed by atoms with van der Waals surface area (Å²) in [7, 11) is 0. The molecule has 0 aliphatic rings. The van der Waals surface area contributed by atoms with Gasteiger partial charge in [0.2, 0.25) is 5.43 Å². The highest BCUT2D eigenvalue weighted by Crippen LogP contribution is 2.15. The molecule has 3 aromatic carbocycles. The first-order valence-electron chi connectivity index (χ1n) is 10.1. The number of halogens is 2. The molecule has 0 saturated carbocycles. The molecule has 0 bridgehead atoms. The van der Waals surface area contributed by atoms with E-state index in [1.807, 2.05) is 43.3 Å². The van der Waals surface area contributed by atoms with Crippen molar-refractivity contribution in [3.05, 3.63) is 116 Å². The predicted molar refractivity (Wildman–Crippen MR) is 119 cm³/mol. The van der Waals surface area contributed by atoms with Gasteiger partial charge in [-0.25, -0.2) is 8.78 Å². The summed E-state index contributed by atoms with van der Waals surface area (Å²) >= 11 is 0. The molecule has 0 radical (unpaired) electrons. The molecule has 3 nitrogen and oxygen atoms in total. The number of aliphatic hydroxyl groups excluding tert-OH is 1. The van der Waals surface area contributed by atoms with E-state index < -0.39 is 17.1 Å². The van der Waals surface area contributed by atoms with Gasteiger partial charge in [-0.2, -0.15) is 0 Å². The SMILES string of the molecule is CCCn1c(=C\c2ccccc2)/c(=C(/O)c2ccccc2)c(=O)c2cc(F)c(F)cc21. The van der Waals surface area contributed by atoms with E-state index in [9.17, 15) is 18.7 Å². The van der Waals surface area contributed by atoms with E-state index in [-0.39, 0.29) is 21.9 Å². The molecule has 4 aromatic rings. The summed E-state index contributed by atoms with van der Waals surface area (Å²) < 4.78 is 29.9. The van der Waals surface area contributed by atoms with Crippen molar-refractivity contribution < 1.29 is 13.9 Å². The van der Waals surface area contributed by atoms with Crippen LogP contribution in [0, 0.1) is 11.6 Å². The van der Waals surface area contributed by atoms with Gasteiger partial charge in [0, 0.05) is 23.6 Å². The Morgan fingerprint density at radius 2 is 1.58 bits per heavy atom. The van der Waals surface area contributed by atoms with E-state index in [0.717, 1.165) is 17.7 Å². The van der Waals surface area contributed by atoms with Crippen LogP contribution in [0.1, 0.15) is 24.5 Å². The molecule has 31 heavy (non-hydrogen) atoms. The van der Waals surface area contributed by atoms with Gasteiger partial charge in [0.15, 0.2) is 11.6 Å². The Morgan fingerprint density at radius 1 is 0.968 bits per heavy atom. The molecule has 156 valence electrons. The summed E-state index contributed by atoms with van der Waals surface area (Å²) in [6.07, 6.45) is 2.48. The van der Waals surface area contributed by atoms with Crippen molar-refractivity contribution >= 4 is 22.7 Å². The van der Waals surface area contributed by atoms with Crippen LogP contribution < -0.4 is 16.0 Å². The molecule has 0 spiro atoms. The van der Waals surface area contributed by atoms with Gasteiger partial charge in [-0.3, -0.25) is 4.79 Å². The standard InChI is InChI=1S/C26H21F2NO2/c1-2-13-29-22-16-21(28)20(27)15-19(22)26(31)24(25(30)18-11-7-4-8-12-18)23(29)14-17-9-5-3-6-10-17/h3-12,14-16,30H,2,13H2,1H3/b23-14-,25-24-. The molecule has 0 unspecified atom stereocenters. The van der Waals surface area contributed by atoms with Gasteiger partial charge in [-0.15, -0.1) is 0 Å². The second-order valence-corrected chi connectivity index (χ2v) is 7.29. The average Bonchev–Trinajstić information content (AvgIpc) is 2.79. The zero-order chi connectivity index (χ0) is 22.0. The van der Waals surface area contributed by atoms with Crippen molar-refractivity contribution in [2.24, 2.45) is 0 Å². The minimum absolute atomic E-state index is 0.0232. The molecule has 1 aromatic heterocycles. The monoisotopic (exact) mass is 417 g/mol. The summed E-state index contributed by atoms with van der Waals surface area (Å²) in [5.74, 6) is -2.33. The molecule has 1 heterocycles. The van der Waals surface area contributed by atoms with Crippen molar-refractivity contribution in [2.75, 3.05) is 0 Å². The van der Waals surface area contributed by atoms with Crippen LogP contribution in [-0.4, -0.2) is 9.67 Å². The number of aromatic nitrogens is 1. The molecule has 1 N–H and O–H groups in total. The molecule has 0 fully saturated rings. The summed E-state index contributed by atoms with van der Waals surface area (Å²) in [5, 5.41) is 11.6. The van der Waals surface area contributed by atoms with E-state index in [1.165, 1.54) is 0 Å². The lowest BCUT2D eigenvalue weighted by Gasteiger charge is -2.14. The van der Waals surface area contributed by atoms with Gasteiger partial charge >= 0.3 is 0 Å². The van der Waals surface area contributed by atoms with Crippen LogP contribution in [0.5, 0.6) is 0 Å². The Bertz CT molecular complexity index is 1430. The molecule has 0 amide bonds. The highest BCUT2D eigenvalue weighted by Gasteiger charge is 2.15. The van der Waals surface area contributed by atoms with Crippen LogP contribution in [0.15, 0.2) is 77.6 Å². The van der Waals surface area contributed by atoms with Crippen molar-refractivity contribution in [3.63, 3.8) is 0 Å². The fourth-order valence-electron chi connectivity index (χ4n) is 3.75. The summed E-state index contributed by atoms with van der Waals surface area (Å²) in [4.78, 5) is 13.5. The number of fused-ring (bicyclic) bond motifs is 1. The predicted octanol–water partition coefficient (Wildman–Crippen LogP) is 4.23. The second-order valence-electron chi connectivity index (χ2n) is 7.29. The molecule has 0 aliphatic carbocycles. The van der Waals surface area contributed by atoms with E-state index in [1.54, 1.807) is 34.9 Å². The summed E-state index contributed by atoms with van der Waals surface area (Å²) in [6, 6.07) is 20.0. The first-order chi connectivity index (χ1) is 15.0. The summed E-state index contributed by atoms with van der Waals surface area (Å²) in [5.41, 5.74) is 1.02. The quantitative estimate of drug-likeness (QED) is 0.540. The molecular weight excluding hydrogens is 396 g/mol. The van der Waals surface area contributed by atoms with Crippen LogP contribution in [0.25, 0.3) is 22.7 Å². The highest BCUT2D eigenvalue weighted by molar-refractivity contribution is 5.80. The number of pyridine rings is 1. The molecule has 0 saturated heterocycles. The fourth-order valence-corrected chi connectivity index (χ4v) is 3.75. The van der Waals surface area contributed by atoms with Gasteiger partial charge < -0.3 is 9.67 Å². The summed E-state index contributed by atoms with van der Waals surface area (Å²) in [6.45, 7) is 2.41. The van der Waals surface area contributed by atoms with Gasteiger partial charge in [0.05, 0.1) is 16.1 Å². The van der Waals surface area contributed by atoms with Gasteiger partial charge in [0.1, 0.15) is 5.76 Å². The minimum Gasteiger partial charge on any atom is -0.506 e. The largest absolute Gasteiger partial charge is 0.506 e. The van der Waals surface area contributed by atoms with Crippen LogP contribution in [0.4, 0.5) is 8.78 Å². The van der Waals surface area contributed by atoms with E-state index in [4.69, 9.17) is 0 Å². The number of rotatable bonds is 4. The maximum absolute atomic E-state index is 14.1. The zero-order valence-electron chi connectivity index (χ0n) is 17.0. The molecule has 0 aliphatic heterocycles. The fraction of sp³-hybridized carbons (Fsp3) is 0.115. The first-order valence-corrected chi connectivity index (χ1v) is 10.1. The Hall–Kier alpha value is -3.73. The van der Waals surface area contributed by atoms with Crippen molar-refractivity contribution in [1.29, 1.82) is 0 Å². The number of aryl methyl sites for hydroxylation is 1. The van der Waals surface area contributed by atoms with Crippen LogP contribution in [0.3, 0.4) is 0 Å². The van der Waals surface area contributed by atoms with E-state index in [2.05, 4.69) is 0 Å². The molecule has 0 atom stereocenters. The third-order valence-electron chi connectivity index (χ3n) is 5.18. The maximum Gasteiger partial charge on any atom is 0.201 e. The lowest BCUT2D eigenvalue weighted by atomic mass is 10.1. The number of nitrogens with zero attached hydrogens (tertiary/aromatic N) is 1. The van der Waals surface area contributed by atoms with Crippen molar-refractivity contribution in [1.82, 2.24) is 4.57 Å². The Balaban J connectivity index is 2.29. The van der Waals surface area contributed by atoms with Crippen LogP contribution >= 0.6 is 0 Å². The number of hydrogen-bond acceptors (Lipinski definition) is 2. The normalized spacial score (nSPS) is 12.9. The minimum atomic E-state index is -1.10. The molecule has 5 heteroatoms. The van der Waals surface area contributed by atoms with Gasteiger partial charge in [-0.05, 0) is 24.1 Å². The Labute approximate surface area is 177 Å². The third-order valence-corrected chi connectivity index (χ3v) is 5.18. The van der Waals surface area contributed by atoms with Gasteiger partial charge in [-0.1, -0.05) is 67.6 Å². The van der Waals surface area contributed by atoms with Crippen molar-refractivity contribution in [2.45, 2.75) is 19.9 Å². The number of benzene rings is 3. The smallest absolute Gasteiger partial charge is 0.201 e. The average molecular weight is 417 g/mol. The Morgan fingerprint density at radius 3 is 2.23 bits per heavy atom. The molecule has 4 rings (SSSR count). The number of hydrogen-bond donors (Lipinski definition) is 1. The van der Waals surface area contributed by atoms with Crippen LogP contribution in [0.2, 0.25) is 0 Å². The zero-order valence-corrected chi connectivity index (χ0v) is 17.0. The van der Waals surface area contributed by atoms with Crippen LogP contribution in [-0.2, 0) is 6.54 Å². The van der Waals surface area contributed by atoms with E-state index in [0.29, 0.717) is 23.9 Å². The third kappa shape index (κ3) is 3.87. The Kier molecular flexibility index (Phi) is 5.67. The lowest BCUT2D eigenvalue weighted by Crippen LogP contribution is -2.47. The van der Waals surface area contributed by atoms with Crippen molar-refractivity contribution in [3.8, 4) is 0 Å². The first kappa shape index (κ1) is 20.5. The highest BCUT2D eigenvalue weighted by atomic mass is 19.2. The molecular formula is C26H21F2NO2. The number of aliphatic hydroxyl groups is 1. The topological polar surface area (TPSA) is 42.2 Å². The van der Waals surface area contributed by atoms with Gasteiger partial charge in [0.25, 0.3) is 0 Å². The lowest BCUT2D eigenvalue weighted by molar-refractivity contribution is 0.504. The second kappa shape index (κ2) is 8.56.